The van der Waals surface area contributed by atoms with E-state index in [0.29, 0.717) is 6.04 Å². The van der Waals surface area contributed by atoms with E-state index in [1.165, 1.54) is 37.9 Å². The monoisotopic (exact) mass is 372 g/mol. The molecule has 2 heterocycles. The van der Waals surface area contributed by atoms with Gasteiger partial charge < -0.3 is 14.5 Å². The van der Waals surface area contributed by atoms with Gasteiger partial charge >= 0.3 is 0 Å². The average molecular weight is 373 g/mol. The number of amides is 1. The summed E-state index contributed by atoms with van der Waals surface area (Å²) < 4.78 is 5.81. The molecule has 0 radical (unpaired) electrons. The van der Waals surface area contributed by atoms with Crippen molar-refractivity contribution in [3.8, 4) is 5.75 Å². The van der Waals surface area contributed by atoms with Crippen molar-refractivity contribution < 1.29 is 9.53 Å². The maximum absolute atomic E-state index is 12.8. The zero-order chi connectivity index (χ0) is 19.3. The highest BCUT2D eigenvalue weighted by Crippen LogP contribution is 2.25. The molecule has 1 atom stereocenters. The van der Waals surface area contributed by atoms with E-state index in [2.05, 4.69) is 42.7 Å². The summed E-state index contributed by atoms with van der Waals surface area (Å²) in [6.07, 6.45) is 7.26. The van der Waals surface area contributed by atoms with Crippen molar-refractivity contribution in [3.63, 3.8) is 0 Å². The van der Waals surface area contributed by atoms with Crippen LogP contribution in [0.25, 0.3) is 0 Å². The largest absolute Gasteiger partial charge is 0.484 e. The fourth-order valence-corrected chi connectivity index (χ4v) is 4.25. The van der Waals surface area contributed by atoms with E-state index in [1.54, 1.807) is 0 Å². The van der Waals surface area contributed by atoms with Crippen molar-refractivity contribution in [2.75, 3.05) is 32.8 Å². The first-order chi connectivity index (χ1) is 12.9. The van der Waals surface area contributed by atoms with E-state index in [0.717, 1.165) is 38.1 Å². The van der Waals surface area contributed by atoms with Crippen molar-refractivity contribution >= 4 is 5.91 Å². The summed E-state index contributed by atoms with van der Waals surface area (Å²) in [7, 11) is 0. The summed E-state index contributed by atoms with van der Waals surface area (Å²) in [5.41, 5.74) is 1.41. The van der Waals surface area contributed by atoms with Gasteiger partial charge in [0, 0.05) is 19.1 Å². The SMILES string of the molecule is CC(C)(C)c1ccc(OCC(=O)N2CCCC[C@@H]2CCN2CCCC2)cc1. The number of hydrogen-bond donors (Lipinski definition) is 0. The van der Waals surface area contributed by atoms with E-state index in [-0.39, 0.29) is 17.9 Å². The zero-order valence-electron chi connectivity index (χ0n) is 17.4. The summed E-state index contributed by atoms with van der Waals surface area (Å²) in [6, 6.07) is 8.54. The van der Waals surface area contributed by atoms with Crippen LogP contribution in [0.15, 0.2) is 24.3 Å². The molecule has 1 amide bonds. The van der Waals surface area contributed by atoms with Crippen LogP contribution in [0.2, 0.25) is 0 Å². The van der Waals surface area contributed by atoms with E-state index in [1.807, 2.05) is 12.1 Å². The number of nitrogens with zero attached hydrogens (tertiary/aromatic N) is 2. The van der Waals surface area contributed by atoms with Crippen LogP contribution in [0.5, 0.6) is 5.75 Å². The third kappa shape index (κ3) is 5.71. The topological polar surface area (TPSA) is 32.8 Å². The van der Waals surface area contributed by atoms with Gasteiger partial charge in [0.05, 0.1) is 0 Å². The number of likely N-dealkylation sites (tertiary alicyclic amines) is 2. The number of carbonyl (C=O) groups is 1. The van der Waals surface area contributed by atoms with E-state index in [4.69, 9.17) is 4.74 Å². The van der Waals surface area contributed by atoms with Crippen molar-refractivity contribution in [1.29, 1.82) is 0 Å². The van der Waals surface area contributed by atoms with Gasteiger partial charge in [-0.1, -0.05) is 32.9 Å². The Morgan fingerprint density at radius 1 is 1.04 bits per heavy atom. The third-order valence-corrected chi connectivity index (χ3v) is 6.01. The second-order valence-electron chi connectivity index (χ2n) is 9.14. The van der Waals surface area contributed by atoms with E-state index < -0.39 is 0 Å². The molecule has 3 rings (SSSR count). The Kier molecular flexibility index (Phi) is 6.80. The maximum atomic E-state index is 12.8. The molecule has 2 fully saturated rings. The van der Waals surface area contributed by atoms with Crippen LogP contribution in [0.4, 0.5) is 0 Å². The minimum Gasteiger partial charge on any atom is -0.484 e. The normalized spacial score (nSPS) is 21.4. The summed E-state index contributed by atoms with van der Waals surface area (Å²) >= 11 is 0. The lowest BCUT2D eigenvalue weighted by molar-refractivity contribution is -0.137. The Labute approximate surface area is 164 Å². The fourth-order valence-electron chi connectivity index (χ4n) is 4.25. The van der Waals surface area contributed by atoms with Crippen LogP contribution < -0.4 is 4.74 Å². The van der Waals surface area contributed by atoms with E-state index in [9.17, 15) is 4.79 Å². The van der Waals surface area contributed by atoms with Gasteiger partial charge in [-0.15, -0.1) is 0 Å². The highest BCUT2D eigenvalue weighted by molar-refractivity contribution is 5.78. The number of ether oxygens (including phenoxy) is 1. The second kappa shape index (κ2) is 9.09. The number of benzene rings is 1. The number of carbonyl (C=O) groups excluding carboxylic acids is 1. The molecule has 27 heavy (non-hydrogen) atoms. The molecule has 0 bridgehead atoms. The Morgan fingerprint density at radius 3 is 2.37 bits per heavy atom. The summed E-state index contributed by atoms with van der Waals surface area (Å²) in [6.45, 7) is 11.2. The lowest BCUT2D eigenvalue weighted by Crippen LogP contribution is -2.47. The van der Waals surface area contributed by atoms with Crippen LogP contribution in [0.3, 0.4) is 0 Å². The predicted octanol–water partition coefficient (Wildman–Crippen LogP) is 4.23. The lowest BCUT2D eigenvalue weighted by atomic mass is 9.87. The van der Waals surface area contributed by atoms with Crippen LogP contribution in [0, 0.1) is 0 Å². The van der Waals surface area contributed by atoms with Gasteiger partial charge in [-0.05, 0) is 74.7 Å². The Hall–Kier alpha value is -1.55. The molecule has 0 N–H and O–H groups in total. The second-order valence-corrected chi connectivity index (χ2v) is 9.14. The molecule has 1 aromatic carbocycles. The number of hydrogen-bond acceptors (Lipinski definition) is 3. The van der Waals surface area contributed by atoms with Crippen LogP contribution in [0.1, 0.15) is 64.9 Å². The molecule has 2 saturated heterocycles. The fraction of sp³-hybridized carbons (Fsp3) is 0.696. The van der Waals surface area contributed by atoms with Gasteiger partial charge in [-0.3, -0.25) is 4.79 Å². The lowest BCUT2D eigenvalue weighted by Gasteiger charge is -2.36. The highest BCUT2D eigenvalue weighted by atomic mass is 16.5. The van der Waals surface area contributed by atoms with Gasteiger partial charge in [0.15, 0.2) is 6.61 Å². The van der Waals surface area contributed by atoms with Gasteiger partial charge in [0.1, 0.15) is 5.75 Å². The Bertz CT molecular complexity index is 600. The number of piperidine rings is 1. The smallest absolute Gasteiger partial charge is 0.260 e. The van der Waals surface area contributed by atoms with Gasteiger partial charge in [0.2, 0.25) is 0 Å². The molecule has 150 valence electrons. The Balaban J connectivity index is 1.50. The van der Waals surface area contributed by atoms with Crippen LogP contribution in [-0.4, -0.2) is 54.5 Å². The first-order valence-electron chi connectivity index (χ1n) is 10.7. The molecule has 0 aromatic heterocycles. The van der Waals surface area contributed by atoms with Crippen molar-refractivity contribution in [1.82, 2.24) is 9.80 Å². The highest BCUT2D eigenvalue weighted by Gasteiger charge is 2.27. The number of rotatable bonds is 6. The molecule has 0 saturated carbocycles. The van der Waals surface area contributed by atoms with Crippen LogP contribution >= 0.6 is 0 Å². The quantitative estimate of drug-likeness (QED) is 0.749. The summed E-state index contributed by atoms with van der Waals surface area (Å²) in [4.78, 5) is 17.4. The first-order valence-corrected chi connectivity index (χ1v) is 10.7. The van der Waals surface area contributed by atoms with Crippen LogP contribution in [-0.2, 0) is 10.2 Å². The van der Waals surface area contributed by atoms with Gasteiger partial charge in [-0.25, -0.2) is 0 Å². The molecular formula is C23H36N2O2. The molecule has 0 unspecified atom stereocenters. The molecular weight excluding hydrogens is 336 g/mol. The molecule has 4 nitrogen and oxygen atoms in total. The molecule has 2 aliphatic rings. The standard InChI is InChI=1S/C23H36N2O2/c1-23(2,3)19-9-11-21(12-10-19)27-18-22(26)25-16-5-4-8-20(25)13-17-24-14-6-7-15-24/h9-12,20H,4-8,13-18H2,1-3H3/t20-/m1/s1. The third-order valence-electron chi connectivity index (χ3n) is 6.01. The first kappa shape index (κ1) is 20.2. The predicted molar refractivity (Wildman–Crippen MR) is 110 cm³/mol. The van der Waals surface area contributed by atoms with Crippen molar-refractivity contribution in [3.05, 3.63) is 29.8 Å². The molecule has 2 aliphatic heterocycles. The van der Waals surface area contributed by atoms with Crippen molar-refractivity contribution in [2.24, 2.45) is 0 Å². The van der Waals surface area contributed by atoms with E-state index >= 15 is 0 Å². The minimum atomic E-state index is 0.130. The average Bonchev–Trinajstić information content (AvgIpc) is 3.18. The van der Waals surface area contributed by atoms with Gasteiger partial charge in [0.25, 0.3) is 5.91 Å². The zero-order valence-corrected chi connectivity index (χ0v) is 17.4. The Morgan fingerprint density at radius 2 is 1.70 bits per heavy atom. The maximum Gasteiger partial charge on any atom is 0.260 e. The van der Waals surface area contributed by atoms with Gasteiger partial charge in [-0.2, -0.15) is 0 Å². The molecule has 0 aliphatic carbocycles. The molecule has 4 heteroatoms. The molecule has 1 aromatic rings. The molecule has 0 spiro atoms. The summed E-state index contributed by atoms with van der Waals surface area (Å²) in [5, 5.41) is 0. The summed E-state index contributed by atoms with van der Waals surface area (Å²) in [5.74, 6) is 0.919. The minimum absolute atomic E-state index is 0.130. The van der Waals surface area contributed by atoms with Crippen molar-refractivity contribution in [2.45, 2.75) is 70.8 Å².